The first kappa shape index (κ1) is 26.1. The first-order valence-corrected chi connectivity index (χ1v) is 12.9. The molecular weight excluding hydrogens is 493 g/mol. The molecule has 200 valence electrons. The maximum atomic E-state index is 14.0. The molecule has 0 saturated carbocycles. The molecule has 1 saturated heterocycles. The lowest BCUT2D eigenvalue weighted by atomic mass is 9.94. The van der Waals surface area contributed by atoms with Gasteiger partial charge in [-0.1, -0.05) is 38.1 Å². The van der Waals surface area contributed by atoms with Crippen LogP contribution >= 0.6 is 0 Å². The molecule has 3 aromatic heterocycles. The fourth-order valence-corrected chi connectivity index (χ4v) is 5.32. The summed E-state index contributed by atoms with van der Waals surface area (Å²) < 4.78 is 45.0. The number of hydrogen-bond acceptors (Lipinski definition) is 5. The Hall–Kier alpha value is -3.53. The van der Waals surface area contributed by atoms with Crippen LogP contribution in [0.2, 0.25) is 0 Å². The van der Waals surface area contributed by atoms with Crippen LogP contribution in [0.1, 0.15) is 55.1 Å². The largest absolute Gasteiger partial charge is 0.419 e. The van der Waals surface area contributed by atoms with E-state index in [1.54, 1.807) is 12.4 Å². The Balaban J connectivity index is 1.53. The predicted molar refractivity (Wildman–Crippen MR) is 139 cm³/mol. The number of aryl methyl sites for hydroxylation is 1. The van der Waals surface area contributed by atoms with Crippen LogP contribution in [0.4, 0.5) is 13.2 Å². The van der Waals surface area contributed by atoms with Gasteiger partial charge in [0.25, 0.3) is 5.56 Å². The Morgan fingerprint density at radius 3 is 2.74 bits per heavy atom. The number of aromatic nitrogens is 5. The highest BCUT2D eigenvalue weighted by Gasteiger charge is 2.35. The summed E-state index contributed by atoms with van der Waals surface area (Å²) in [5.74, 6) is 1.42. The lowest BCUT2D eigenvalue weighted by molar-refractivity contribution is -0.136. The van der Waals surface area contributed by atoms with Gasteiger partial charge in [-0.15, -0.1) is 10.2 Å². The second kappa shape index (κ2) is 10.3. The van der Waals surface area contributed by atoms with Gasteiger partial charge < -0.3 is 4.57 Å². The molecular formula is C28H31F3N6O. The van der Waals surface area contributed by atoms with Gasteiger partial charge in [0, 0.05) is 39.0 Å². The second-order valence-corrected chi connectivity index (χ2v) is 10.5. The molecule has 0 amide bonds. The van der Waals surface area contributed by atoms with E-state index in [0.29, 0.717) is 30.0 Å². The number of fused-ring (bicyclic) bond motifs is 1. The van der Waals surface area contributed by atoms with Crippen LogP contribution in [-0.4, -0.2) is 42.1 Å². The molecule has 0 spiro atoms. The van der Waals surface area contributed by atoms with Crippen LogP contribution in [0.3, 0.4) is 0 Å². The zero-order valence-corrected chi connectivity index (χ0v) is 21.7. The Bertz CT molecular complexity index is 1510. The van der Waals surface area contributed by atoms with Crippen molar-refractivity contribution in [2.24, 2.45) is 13.0 Å². The molecule has 7 nitrogen and oxygen atoms in total. The van der Waals surface area contributed by atoms with Crippen molar-refractivity contribution in [3.05, 3.63) is 81.9 Å². The van der Waals surface area contributed by atoms with E-state index in [4.69, 9.17) is 0 Å². The maximum absolute atomic E-state index is 14.0. The Morgan fingerprint density at radius 1 is 1.21 bits per heavy atom. The van der Waals surface area contributed by atoms with Crippen molar-refractivity contribution >= 4 is 5.65 Å². The monoisotopic (exact) mass is 524 g/mol. The third kappa shape index (κ3) is 5.36. The molecule has 1 aromatic carbocycles. The fraction of sp³-hybridized carbons (Fsp3) is 0.429. The van der Waals surface area contributed by atoms with E-state index in [2.05, 4.69) is 33.9 Å². The summed E-state index contributed by atoms with van der Waals surface area (Å²) in [6, 6.07) is 8.63. The molecule has 0 N–H and O–H groups in total. The van der Waals surface area contributed by atoms with Crippen molar-refractivity contribution in [3.63, 3.8) is 0 Å². The van der Waals surface area contributed by atoms with Gasteiger partial charge in [0.2, 0.25) is 0 Å². The Morgan fingerprint density at radius 2 is 2.03 bits per heavy atom. The topological polar surface area (TPSA) is 68.3 Å². The number of pyridine rings is 1. The van der Waals surface area contributed by atoms with Crippen LogP contribution in [0.5, 0.6) is 0 Å². The highest BCUT2D eigenvalue weighted by Crippen LogP contribution is 2.33. The lowest BCUT2D eigenvalue weighted by Crippen LogP contribution is -2.34. The first-order chi connectivity index (χ1) is 18.1. The van der Waals surface area contributed by atoms with Crippen LogP contribution < -0.4 is 5.56 Å². The molecule has 5 rings (SSSR count). The van der Waals surface area contributed by atoms with Crippen molar-refractivity contribution in [3.8, 4) is 11.1 Å². The zero-order chi connectivity index (χ0) is 27.0. The molecule has 10 heteroatoms. The van der Waals surface area contributed by atoms with Crippen molar-refractivity contribution in [1.29, 1.82) is 0 Å². The van der Waals surface area contributed by atoms with Gasteiger partial charge in [0.1, 0.15) is 12.2 Å². The SMILES string of the molecule is C[C@H]1CCCN(Cc2cc(C(F)(F)F)c3ncc(-c4cccc([C@H](C)Cc5nncn5C)c4)c(=O)n3c2)C1. The number of nitrogens with zero attached hydrogens (tertiary/aromatic N) is 6. The molecule has 1 fully saturated rings. The summed E-state index contributed by atoms with van der Waals surface area (Å²) >= 11 is 0. The molecule has 1 aliphatic heterocycles. The van der Waals surface area contributed by atoms with Gasteiger partial charge >= 0.3 is 6.18 Å². The Labute approximate surface area is 219 Å². The third-order valence-corrected chi connectivity index (χ3v) is 7.37. The van der Waals surface area contributed by atoms with E-state index in [1.165, 1.54) is 12.4 Å². The average molecular weight is 525 g/mol. The average Bonchev–Trinajstić information content (AvgIpc) is 3.27. The quantitative estimate of drug-likeness (QED) is 0.352. The summed E-state index contributed by atoms with van der Waals surface area (Å²) in [5.41, 5.74) is 0.510. The van der Waals surface area contributed by atoms with Gasteiger partial charge in [-0.05, 0) is 54.0 Å². The summed E-state index contributed by atoms with van der Waals surface area (Å²) in [6.45, 7) is 6.22. The maximum Gasteiger partial charge on any atom is 0.419 e. The summed E-state index contributed by atoms with van der Waals surface area (Å²) in [5, 5.41) is 8.07. The molecule has 0 unspecified atom stereocenters. The number of rotatable bonds is 6. The summed E-state index contributed by atoms with van der Waals surface area (Å²) in [6.07, 6.45) is 2.57. The van der Waals surface area contributed by atoms with Gasteiger partial charge in [-0.3, -0.25) is 14.1 Å². The van der Waals surface area contributed by atoms with E-state index in [0.717, 1.165) is 47.8 Å². The van der Waals surface area contributed by atoms with Crippen molar-refractivity contribution in [2.75, 3.05) is 13.1 Å². The fourth-order valence-electron chi connectivity index (χ4n) is 5.32. The van der Waals surface area contributed by atoms with E-state index >= 15 is 0 Å². The number of alkyl halides is 3. The lowest BCUT2D eigenvalue weighted by Gasteiger charge is -2.31. The molecule has 4 heterocycles. The zero-order valence-electron chi connectivity index (χ0n) is 21.7. The second-order valence-electron chi connectivity index (χ2n) is 10.5. The molecule has 0 radical (unpaired) electrons. The Kier molecular flexibility index (Phi) is 7.09. The number of halogens is 3. The highest BCUT2D eigenvalue weighted by molar-refractivity contribution is 5.65. The normalized spacial score (nSPS) is 17.7. The highest BCUT2D eigenvalue weighted by atomic mass is 19.4. The molecule has 0 aliphatic carbocycles. The molecule has 2 atom stereocenters. The van der Waals surface area contributed by atoms with Crippen molar-refractivity contribution in [2.45, 2.75) is 51.7 Å². The van der Waals surface area contributed by atoms with Crippen molar-refractivity contribution in [1.82, 2.24) is 29.0 Å². The number of hydrogen-bond donors (Lipinski definition) is 0. The molecule has 4 aromatic rings. The minimum Gasteiger partial charge on any atom is -0.321 e. The number of likely N-dealkylation sites (tertiary alicyclic amines) is 1. The van der Waals surface area contributed by atoms with Gasteiger partial charge in [0.15, 0.2) is 5.65 Å². The molecule has 1 aliphatic rings. The van der Waals surface area contributed by atoms with Gasteiger partial charge in [-0.2, -0.15) is 13.2 Å². The smallest absolute Gasteiger partial charge is 0.321 e. The first-order valence-electron chi connectivity index (χ1n) is 12.9. The molecule has 38 heavy (non-hydrogen) atoms. The van der Waals surface area contributed by atoms with Crippen LogP contribution in [0, 0.1) is 5.92 Å². The standard InChI is InChI=1S/C28H31F3N6O/c1-18-6-5-9-36(14-18)15-20-11-24(28(29,30)31)26-32-13-23(27(38)37(26)16-20)22-8-4-7-21(12-22)19(2)10-25-34-33-17-35(25)3/h4,7-8,11-13,16-19H,5-6,9-10,14-15H2,1-3H3/t18-,19+/m0/s1. The summed E-state index contributed by atoms with van der Waals surface area (Å²) in [4.78, 5) is 19.9. The summed E-state index contributed by atoms with van der Waals surface area (Å²) in [7, 11) is 1.88. The number of benzene rings is 1. The minimum atomic E-state index is -4.63. The van der Waals surface area contributed by atoms with E-state index in [9.17, 15) is 18.0 Å². The van der Waals surface area contributed by atoms with Crippen molar-refractivity contribution < 1.29 is 13.2 Å². The van der Waals surface area contributed by atoms with E-state index in [1.807, 2.05) is 29.8 Å². The number of piperidine rings is 1. The predicted octanol–water partition coefficient (Wildman–Crippen LogP) is 5.09. The van der Waals surface area contributed by atoms with E-state index in [-0.39, 0.29) is 17.1 Å². The third-order valence-electron chi connectivity index (χ3n) is 7.37. The minimum absolute atomic E-state index is 0.0874. The van der Waals surface area contributed by atoms with Crippen LogP contribution in [0.25, 0.3) is 16.8 Å². The van der Waals surface area contributed by atoms with Crippen LogP contribution in [-0.2, 0) is 26.2 Å². The van der Waals surface area contributed by atoms with Gasteiger partial charge in [0.05, 0.1) is 11.1 Å². The van der Waals surface area contributed by atoms with Crippen LogP contribution in [0.15, 0.2) is 53.8 Å². The van der Waals surface area contributed by atoms with E-state index < -0.39 is 17.3 Å². The molecule has 0 bridgehead atoms. The van der Waals surface area contributed by atoms with Gasteiger partial charge in [-0.25, -0.2) is 4.98 Å².